The SMILES string of the molecule is CSCCN(C)Cc1ccc(C(N)=S)cc1F. The lowest BCUT2D eigenvalue weighted by Crippen LogP contribution is -2.21. The lowest BCUT2D eigenvalue weighted by Gasteiger charge is -2.16. The molecular weight excluding hydrogens is 255 g/mol. The number of hydrogen-bond acceptors (Lipinski definition) is 3. The molecule has 94 valence electrons. The first kappa shape index (κ1) is 14.4. The van der Waals surface area contributed by atoms with Crippen LogP contribution >= 0.6 is 24.0 Å². The standard InChI is InChI=1S/C12H17FN2S2/c1-15(5-6-17-2)8-10-4-3-9(12(14)16)7-11(10)13/h3-4,7H,5-6,8H2,1-2H3,(H2,14,16). The maximum absolute atomic E-state index is 13.7. The highest BCUT2D eigenvalue weighted by molar-refractivity contribution is 7.98. The molecular formula is C12H17FN2S2. The number of nitrogens with two attached hydrogens (primary N) is 1. The predicted molar refractivity (Wildman–Crippen MR) is 77.0 cm³/mol. The molecule has 2 nitrogen and oxygen atoms in total. The first-order valence-electron chi connectivity index (χ1n) is 5.30. The summed E-state index contributed by atoms with van der Waals surface area (Å²) in [6.45, 7) is 1.54. The van der Waals surface area contributed by atoms with Crippen LogP contribution in [0.1, 0.15) is 11.1 Å². The van der Waals surface area contributed by atoms with Gasteiger partial charge in [-0.05, 0) is 19.4 Å². The number of thiocarbonyl (C=S) groups is 1. The molecule has 1 aromatic carbocycles. The number of nitrogens with zero attached hydrogens (tertiary/aromatic N) is 1. The Balaban J connectivity index is 2.69. The van der Waals surface area contributed by atoms with E-state index in [0.29, 0.717) is 17.7 Å². The van der Waals surface area contributed by atoms with E-state index < -0.39 is 0 Å². The quantitative estimate of drug-likeness (QED) is 0.804. The van der Waals surface area contributed by atoms with Crippen molar-refractivity contribution in [1.29, 1.82) is 0 Å². The Morgan fingerprint density at radius 3 is 2.76 bits per heavy atom. The van der Waals surface area contributed by atoms with E-state index in [1.165, 1.54) is 6.07 Å². The van der Waals surface area contributed by atoms with Crippen molar-refractivity contribution in [3.05, 3.63) is 35.1 Å². The highest BCUT2D eigenvalue weighted by atomic mass is 32.2. The van der Waals surface area contributed by atoms with Crippen molar-refractivity contribution in [2.24, 2.45) is 5.73 Å². The normalized spacial score (nSPS) is 10.8. The van der Waals surface area contributed by atoms with Gasteiger partial charge in [0.1, 0.15) is 10.8 Å². The molecule has 0 atom stereocenters. The fourth-order valence-corrected chi connectivity index (χ4v) is 2.07. The molecule has 0 spiro atoms. The van der Waals surface area contributed by atoms with Crippen LogP contribution in [-0.2, 0) is 6.54 Å². The number of halogens is 1. The molecule has 0 saturated heterocycles. The smallest absolute Gasteiger partial charge is 0.128 e. The number of hydrogen-bond donors (Lipinski definition) is 1. The van der Waals surface area contributed by atoms with E-state index in [1.807, 2.05) is 7.05 Å². The third kappa shape index (κ3) is 4.61. The van der Waals surface area contributed by atoms with E-state index in [9.17, 15) is 4.39 Å². The summed E-state index contributed by atoms with van der Waals surface area (Å²) < 4.78 is 13.7. The molecule has 2 N–H and O–H groups in total. The highest BCUT2D eigenvalue weighted by Crippen LogP contribution is 2.12. The van der Waals surface area contributed by atoms with Gasteiger partial charge in [0.05, 0.1) is 0 Å². The lowest BCUT2D eigenvalue weighted by atomic mass is 10.1. The summed E-state index contributed by atoms with van der Waals surface area (Å²) >= 11 is 6.59. The van der Waals surface area contributed by atoms with Crippen LogP contribution in [0.25, 0.3) is 0 Å². The number of thioether (sulfide) groups is 1. The average molecular weight is 272 g/mol. The van der Waals surface area contributed by atoms with Crippen LogP contribution in [-0.4, -0.2) is 35.5 Å². The highest BCUT2D eigenvalue weighted by Gasteiger charge is 2.07. The van der Waals surface area contributed by atoms with Crippen molar-refractivity contribution < 1.29 is 4.39 Å². The van der Waals surface area contributed by atoms with Gasteiger partial charge in [-0.1, -0.05) is 24.4 Å². The van der Waals surface area contributed by atoms with Gasteiger partial charge in [-0.15, -0.1) is 0 Å². The Morgan fingerprint density at radius 1 is 1.53 bits per heavy atom. The first-order chi connectivity index (χ1) is 8.04. The monoisotopic (exact) mass is 272 g/mol. The topological polar surface area (TPSA) is 29.3 Å². The van der Waals surface area contributed by atoms with Crippen molar-refractivity contribution in [2.45, 2.75) is 6.54 Å². The Hall–Kier alpha value is -0.650. The van der Waals surface area contributed by atoms with Gasteiger partial charge in [-0.25, -0.2) is 4.39 Å². The molecule has 1 aromatic rings. The summed E-state index contributed by atoms with van der Waals surface area (Å²) in [5, 5.41) is 0. The van der Waals surface area contributed by atoms with Crippen LogP contribution in [0.4, 0.5) is 4.39 Å². The van der Waals surface area contributed by atoms with E-state index in [1.54, 1.807) is 23.9 Å². The zero-order valence-electron chi connectivity index (χ0n) is 10.1. The Bertz CT molecular complexity index is 396. The van der Waals surface area contributed by atoms with E-state index in [-0.39, 0.29) is 10.8 Å². The Kier molecular flexibility index (Phi) is 5.88. The predicted octanol–water partition coefficient (Wildman–Crippen LogP) is 2.25. The summed E-state index contributed by atoms with van der Waals surface area (Å²) in [6.07, 6.45) is 2.06. The van der Waals surface area contributed by atoms with Crippen molar-refractivity contribution in [3.63, 3.8) is 0 Å². The maximum atomic E-state index is 13.7. The van der Waals surface area contributed by atoms with Crippen molar-refractivity contribution in [3.8, 4) is 0 Å². The van der Waals surface area contributed by atoms with Crippen LogP contribution < -0.4 is 5.73 Å². The van der Waals surface area contributed by atoms with Gasteiger partial charge in [0, 0.05) is 30.0 Å². The molecule has 5 heteroatoms. The molecule has 0 aliphatic carbocycles. The van der Waals surface area contributed by atoms with Gasteiger partial charge < -0.3 is 10.6 Å². The number of benzene rings is 1. The van der Waals surface area contributed by atoms with E-state index in [0.717, 1.165) is 12.3 Å². The minimum Gasteiger partial charge on any atom is -0.389 e. The average Bonchev–Trinajstić information content (AvgIpc) is 2.28. The minimum atomic E-state index is -0.244. The Morgan fingerprint density at radius 2 is 2.24 bits per heavy atom. The fourth-order valence-electron chi connectivity index (χ4n) is 1.45. The zero-order valence-corrected chi connectivity index (χ0v) is 11.7. The third-order valence-electron chi connectivity index (χ3n) is 2.45. The molecule has 0 aliphatic rings. The van der Waals surface area contributed by atoms with Crippen LogP contribution in [0.5, 0.6) is 0 Å². The molecule has 0 fully saturated rings. The van der Waals surface area contributed by atoms with E-state index in [4.69, 9.17) is 18.0 Å². The summed E-state index contributed by atoms with van der Waals surface area (Å²) in [5.74, 6) is 0.801. The van der Waals surface area contributed by atoms with Gasteiger partial charge in [-0.2, -0.15) is 11.8 Å². The van der Waals surface area contributed by atoms with Crippen molar-refractivity contribution in [1.82, 2.24) is 4.90 Å². The largest absolute Gasteiger partial charge is 0.389 e. The van der Waals surface area contributed by atoms with Gasteiger partial charge in [0.25, 0.3) is 0 Å². The summed E-state index contributed by atoms with van der Waals surface area (Å²) in [5.41, 5.74) is 6.70. The van der Waals surface area contributed by atoms with Gasteiger partial charge in [-0.3, -0.25) is 0 Å². The van der Waals surface area contributed by atoms with Crippen LogP contribution in [0.15, 0.2) is 18.2 Å². The molecule has 0 heterocycles. The molecule has 0 radical (unpaired) electrons. The van der Waals surface area contributed by atoms with Crippen LogP contribution in [0, 0.1) is 5.82 Å². The second-order valence-corrected chi connectivity index (χ2v) is 5.33. The Labute approximate surface area is 111 Å². The van der Waals surface area contributed by atoms with Gasteiger partial charge >= 0.3 is 0 Å². The first-order valence-corrected chi connectivity index (χ1v) is 7.10. The molecule has 0 saturated carbocycles. The molecule has 1 rings (SSSR count). The van der Waals surface area contributed by atoms with Gasteiger partial charge in [0.15, 0.2) is 0 Å². The molecule has 17 heavy (non-hydrogen) atoms. The van der Waals surface area contributed by atoms with E-state index >= 15 is 0 Å². The van der Waals surface area contributed by atoms with Gasteiger partial charge in [0.2, 0.25) is 0 Å². The summed E-state index contributed by atoms with van der Waals surface area (Å²) in [7, 11) is 1.98. The molecule has 0 bridgehead atoms. The maximum Gasteiger partial charge on any atom is 0.128 e. The lowest BCUT2D eigenvalue weighted by molar-refractivity contribution is 0.342. The minimum absolute atomic E-state index is 0.228. The molecule has 0 unspecified atom stereocenters. The van der Waals surface area contributed by atoms with Crippen molar-refractivity contribution >= 4 is 29.0 Å². The second-order valence-electron chi connectivity index (χ2n) is 3.90. The molecule has 0 amide bonds. The molecule has 0 aliphatic heterocycles. The summed E-state index contributed by atoms with van der Waals surface area (Å²) in [6, 6.07) is 4.92. The molecule has 0 aromatic heterocycles. The number of rotatable bonds is 6. The van der Waals surface area contributed by atoms with Crippen LogP contribution in [0.2, 0.25) is 0 Å². The third-order valence-corrected chi connectivity index (χ3v) is 3.28. The fraction of sp³-hybridized carbons (Fsp3) is 0.417. The summed E-state index contributed by atoms with van der Waals surface area (Å²) in [4.78, 5) is 2.32. The van der Waals surface area contributed by atoms with E-state index in [2.05, 4.69) is 11.2 Å². The zero-order chi connectivity index (χ0) is 12.8. The van der Waals surface area contributed by atoms with Crippen molar-refractivity contribution in [2.75, 3.05) is 25.6 Å². The second kappa shape index (κ2) is 6.93. The van der Waals surface area contributed by atoms with Crippen LogP contribution in [0.3, 0.4) is 0 Å².